The van der Waals surface area contributed by atoms with Crippen LogP contribution in [-0.2, 0) is 29.9 Å². The topological polar surface area (TPSA) is 230 Å². The standard InChI is InChI=1S/C49H47N7O8S3/c1-34-8-13-43(48(58)55-26-22-40(23-27-55)38-16-11-36(31-51)12-17-38)29-46(34)56(66(61,62)33-65(2,59)60)49(41-6-4-3-5-7-41)67(63,64)53-45-28-42(18-19-44(45)32-52)47(57)54-24-20-39(21-25-54)37-14-9-35(30-50)10-15-37/h3-19,28-29,39-40,49,53H,20-27,33H2,1-2H3. The van der Waals surface area contributed by atoms with Crippen molar-refractivity contribution in [3.05, 3.63) is 165 Å². The lowest BCUT2D eigenvalue weighted by atomic mass is 9.89. The van der Waals surface area contributed by atoms with Crippen molar-refractivity contribution in [3.63, 3.8) is 0 Å². The fourth-order valence-corrected chi connectivity index (χ4v) is 14.4. The van der Waals surface area contributed by atoms with E-state index in [1.807, 2.05) is 30.3 Å². The smallest absolute Gasteiger partial charge is 0.259 e. The highest BCUT2D eigenvalue weighted by atomic mass is 32.3. The zero-order valence-corrected chi connectivity index (χ0v) is 39.2. The molecule has 67 heavy (non-hydrogen) atoms. The van der Waals surface area contributed by atoms with Crippen LogP contribution in [0.4, 0.5) is 11.4 Å². The fourth-order valence-electron chi connectivity index (χ4n) is 8.71. The van der Waals surface area contributed by atoms with E-state index in [4.69, 9.17) is 0 Å². The van der Waals surface area contributed by atoms with Crippen LogP contribution in [0.2, 0.25) is 0 Å². The Hall–Kier alpha value is -7.04. The first-order valence-electron chi connectivity index (χ1n) is 21.4. The van der Waals surface area contributed by atoms with Gasteiger partial charge in [0, 0.05) is 43.6 Å². The molecular weight excluding hydrogens is 911 g/mol. The summed E-state index contributed by atoms with van der Waals surface area (Å²) < 4.78 is 87.9. The van der Waals surface area contributed by atoms with E-state index in [2.05, 4.69) is 16.9 Å². The number of hydrogen-bond acceptors (Lipinski definition) is 11. The number of sulfone groups is 1. The van der Waals surface area contributed by atoms with E-state index in [0.29, 0.717) is 73.6 Å². The summed E-state index contributed by atoms with van der Waals surface area (Å²) in [4.78, 5) is 31.4. The summed E-state index contributed by atoms with van der Waals surface area (Å²) in [6, 6.07) is 36.1. The highest BCUT2D eigenvalue weighted by molar-refractivity contribution is 8.08. The number of hydrogen-bond donors (Lipinski definition) is 1. The first-order chi connectivity index (χ1) is 31.9. The number of nitrogens with zero attached hydrogens (tertiary/aromatic N) is 6. The number of piperidine rings is 2. The molecule has 0 radical (unpaired) electrons. The zero-order valence-electron chi connectivity index (χ0n) is 36.7. The van der Waals surface area contributed by atoms with Crippen molar-refractivity contribution in [3.8, 4) is 18.2 Å². The molecule has 18 heteroatoms. The third-order valence-electron chi connectivity index (χ3n) is 12.2. The number of carbonyl (C=O) groups is 2. The second-order valence-electron chi connectivity index (χ2n) is 16.8. The van der Waals surface area contributed by atoms with Crippen molar-refractivity contribution < 1.29 is 34.8 Å². The van der Waals surface area contributed by atoms with E-state index < -0.39 is 52.2 Å². The summed E-state index contributed by atoms with van der Waals surface area (Å²) in [5.74, 6) is -0.588. The summed E-state index contributed by atoms with van der Waals surface area (Å²) >= 11 is 0. The molecule has 0 bridgehead atoms. The van der Waals surface area contributed by atoms with Crippen LogP contribution < -0.4 is 9.03 Å². The third kappa shape index (κ3) is 11.0. The molecule has 1 atom stereocenters. The molecule has 7 rings (SSSR count). The van der Waals surface area contributed by atoms with E-state index in [1.54, 1.807) is 40.1 Å². The van der Waals surface area contributed by atoms with E-state index in [-0.39, 0.29) is 51.0 Å². The Labute approximate surface area is 391 Å². The van der Waals surface area contributed by atoms with Crippen LogP contribution in [0, 0.1) is 40.9 Å². The second-order valence-corrected chi connectivity index (χ2v) is 22.9. The van der Waals surface area contributed by atoms with Gasteiger partial charge in [0.15, 0.2) is 20.3 Å². The Kier molecular flexibility index (Phi) is 14.2. The Morgan fingerprint density at radius 1 is 0.657 bits per heavy atom. The number of amides is 2. The Morgan fingerprint density at radius 3 is 1.60 bits per heavy atom. The van der Waals surface area contributed by atoms with Crippen molar-refractivity contribution in [2.45, 2.75) is 49.8 Å². The summed E-state index contributed by atoms with van der Waals surface area (Å²) in [6.07, 6.45) is 3.20. The average molecular weight is 958 g/mol. The molecule has 2 heterocycles. The number of nitrogens with one attached hydrogen (secondary N) is 1. The molecule has 0 spiro atoms. The highest BCUT2D eigenvalue weighted by Crippen LogP contribution is 2.39. The second kappa shape index (κ2) is 19.8. The van der Waals surface area contributed by atoms with Gasteiger partial charge in [-0.1, -0.05) is 60.7 Å². The van der Waals surface area contributed by atoms with Crippen molar-refractivity contribution in [1.29, 1.82) is 15.8 Å². The van der Waals surface area contributed by atoms with Gasteiger partial charge >= 0.3 is 0 Å². The SMILES string of the molecule is Cc1ccc(C(=O)N2CCC(c3ccc(C#N)cc3)CC2)cc1N(C(c1ccccc1)S(=O)(=O)Nc1cc(C(=O)N2CCC(c3ccc(C#N)cc3)CC2)ccc1C#N)S(=O)(=O)CS(C)(=O)=O. The summed E-state index contributed by atoms with van der Waals surface area (Å²) in [7, 11) is -14.5. The van der Waals surface area contributed by atoms with E-state index in [0.717, 1.165) is 11.1 Å². The molecule has 0 aliphatic carbocycles. The molecular formula is C49H47N7O8S3. The molecule has 1 unspecified atom stereocenters. The Morgan fingerprint density at radius 2 is 1.13 bits per heavy atom. The van der Waals surface area contributed by atoms with Crippen LogP contribution in [0.3, 0.4) is 0 Å². The minimum Gasteiger partial charge on any atom is -0.339 e. The minimum absolute atomic E-state index is 0.0352. The van der Waals surface area contributed by atoms with Gasteiger partial charge in [0.05, 0.1) is 40.2 Å². The molecule has 1 N–H and O–H groups in total. The molecule has 2 saturated heterocycles. The largest absolute Gasteiger partial charge is 0.339 e. The number of nitriles is 3. The Bertz CT molecular complexity index is 3150. The van der Waals surface area contributed by atoms with Crippen LogP contribution in [-0.4, -0.2) is 84.4 Å². The van der Waals surface area contributed by atoms with Gasteiger partial charge in [-0.3, -0.25) is 14.3 Å². The number of rotatable bonds is 13. The van der Waals surface area contributed by atoms with Gasteiger partial charge in [0.2, 0.25) is 0 Å². The van der Waals surface area contributed by atoms with Crippen molar-refractivity contribution in [1.82, 2.24) is 9.80 Å². The predicted molar refractivity (Wildman–Crippen MR) is 253 cm³/mol. The summed E-state index contributed by atoms with van der Waals surface area (Å²) in [5.41, 5.74) is 2.62. The van der Waals surface area contributed by atoms with Gasteiger partial charge in [0.1, 0.15) is 6.07 Å². The van der Waals surface area contributed by atoms with Gasteiger partial charge in [-0.25, -0.2) is 29.6 Å². The molecule has 0 saturated carbocycles. The third-order valence-corrected chi connectivity index (χ3v) is 17.8. The van der Waals surface area contributed by atoms with E-state index in [9.17, 15) is 42.2 Å². The maximum absolute atomic E-state index is 15.1. The van der Waals surface area contributed by atoms with Crippen LogP contribution in [0.15, 0.2) is 115 Å². The first-order valence-corrected chi connectivity index (χ1v) is 26.6. The Balaban J connectivity index is 1.21. The lowest BCUT2D eigenvalue weighted by Crippen LogP contribution is -2.44. The van der Waals surface area contributed by atoms with Crippen LogP contribution >= 0.6 is 0 Å². The molecule has 2 amide bonds. The van der Waals surface area contributed by atoms with Crippen molar-refractivity contribution in [2.24, 2.45) is 0 Å². The first kappa shape index (κ1) is 47.9. The van der Waals surface area contributed by atoms with Gasteiger partial charge in [-0.15, -0.1) is 0 Å². The van der Waals surface area contributed by atoms with Crippen LogP contribution in [0.25, 0.3) is 0 Å². The monoisotopic (exact) mass is 957 g/mol. The quantitative estimate of drug-likeness (QED) is 0.127. The maximum atomic E-state index is 15.1. The molecule has 2 fully saturated rings. The van der Waals surface area contributed by atoms with Gasteiger partial charge < -0.3 is 9.80 Å². The predicted octanol–water partition coefficient (Wildman–Crippen LogP) is 6.93. The minimum atomic E-state index is -5.13. The lowest BCUT2D eigenvalue weighted by Gasteiger charge is -2.35. The summed E-state index contributed by atoms with van der Waals surface area (Å²) in [5, 5.41) is 24.8. The number of likely N-dealkylation sites (tertiary alicyclic amines) is 2. The van der Waals surface area contributed by atoms with E-state index >= 15 is 8.42 Å². The van der Waals surface area contributed by atoms with Gasteiger partial charge in [-0.05, 0) is 121 Å². The van der Waals surface area contributed by atoms with Crippen molar-refractivity contribution >= 4 is 53.1 Å². The molecule has 15 nitrogen and oxygen atoms in total. The van der Waals surface area contributed by atoms with Gasteiger partial charge in [-0.2, -0.15) is 15.8 Å². The maximum Gasteiger partial charge on any atom is 0.259 e. The molecule has 0 aromatic heterocycles. The fraction of sp³-hybridized carbons (Fsp3) is 0.286. The number of aryl methyl sites for hydroxylation is 1. The van der Waals surface area contributed by atoms with Crippen LogP contribution in [0.5, 0.6) is 0 Å². The molecule has 2 aliphatic rings. The van der Waals surface area contributed by atoms with Gasteiger partial charge in [0.25, 0.3) is 31.9 Å². The number of benzene rings is 5. The van der Waals surface area contributed by atoms with Crippen molar-refractivity contribution in [2.75, 3.05) is 46.5 Å². The number of sulfonamides is 2. The van der Waals surface area contributed by atoms with Crippen LogP contribution in [0.1, 0.15) is 103 Å². The highest BCUT2D eigenvalue weighted by Gasteiger charge is 2.43. The molecule has 5 aromatic rings. The normalized spacial score (nSPS) is 15.4. The average Bonchev–Trinajstić information content (AvgIpc) is 3.32. The molecule has 2 aliphatic heterocycles. The zero-order chi connectivity index (χ0) is 48.1. The number of anilines is 2. The lowest BCUT2D eigenvalue weighted by molar-refractivity contribution is 0.0705. The summed E-state index contributed by atoms with van der Waals surface area (Å²) in [6.45, 7) is 2.98. The molecule has 344 valence electrons. The van der Waals surface area contributed by atoms with E-state index in [1.165, 1.54) is 67.6 Å². The molecule has 5 aromatic carbocycles. The number of carbonyl (C=O) groups excluding carboxylic acids is 2.